The fourth-order valence-electron chi connectivity index (χ4n) is 3.14. The van der Waals surface area contributed by atoms with Crippen LogP contribution in [0, 0.1) is 17.6 Å². The van der Waals surface area contributed by atoms with Crippen LogP contribution in [0.5, 0.6) is 0 Å². The minimum atomic E-state index is -0.680. The zero-order valence-corrected chi connectivity index (χ0v) is 13.7. The molecule has 3 rings (SSSR count). The van der Waals surface area contributed by atoms with Crippen molar-refractivity contribution >= 4 is 5.78 Å². The maximum absolute atomic E-state index is 13.7. The van der Waals surface area contributed by atoms with Gasteiger partial charge >= 0.3 is 0 Å². The minimum Gasteiger partial charge on any atom is -0.326 e. The summed E-state index contributed by atoms with van der Waals surface area (Å²) in [5, 5.41) is 0. The smallest absolute Gasteiger partial charge is 0.270 e. The number of rotatable bonds is 5. The third-order valence-electron chi connectivity index (χ3n) is 4.61. The van der Waals surface area contributed by atoms with E-state index in [1.165, 1.54) is 30.6 Å². The van der Waals surface area contributed by atoms with Gasteiger partial charge in [0, 0.05) is 36.8 Å². The van der Waals surface area contributed by atoms with Crippen LogP contribution in [0.1, 0.15) is 24.1 Å². The highest BCUT2D eigenvalue weighted by Gasteiger charge is 2.26. The van der Waals surface area contributed by atoms with E-state index in [2.05, 4.69) is 14.9 Å². The molecule has 0 radical (unpaired) electrons. The van der Waals surface area contributed by atoms with Crippen molar-refractivity contribution in [3.8, 4) is 0 Å². The SMILES string of the molecule is O=C(Cc1c(F)cccc1F)C1CCN(Cc2ncc[nH]c2=O)CC1. The van der Waals surface area contributed by atoms with Crippen LogP contribution in [0.25, 0.3) is 0 Å². The molecule has 0 spiro atoms. The van der Waals surface area contributed by atoms with Gasteiger partial charge in [-0.15, -0.1) is 0 Å². The van der Waals surface area contributed by atoms with Crippen LogP contribution in [0.4, 0.5) is 8.78 Å². The van der Waals surface area contributed by atoms with Crippen molar-refractivity contribution in [2.75, 3.05) is 13.1 Å². The van der Waals surface area contributed by atoms with Crippen LogP contribution in [-0.4, -0.2) is 33.7 Å². The number of carbonyl (C=O) groups is 1. The number of halogens is 2. The Morgan fingerprint density at radius 1 is 1.24 bits per heavy atom. The Balaban J connectivity index is 1.56. The standard InChI is InChI=1S/C18H19F2N3O2/c19-14-2-1-3-15(20)13(14)10-17(24)12-4-8-23(9-5-12)11-16-18(25)22-7-6-21-16/h1-3,6-7,12H,4-5,8-11H2,(H,22,25). The zero-order chi connectivity index (χ0) is 17.8. The second-order valence-electron chi connectivity index (χ2n) is 6.26. The van der Waals surface area contributed by atoms with Gasteiger partial charge in [0.2, 0.25) is 0 Å². The summed E-state index contributed by atoms with van der Waals surface area (Å²) in [6.07, 6.45) is 4.02. The predicted octanol–water partition coefficient (Wildman–Crippen LogP) is 2.07. The number of nitrogens with one attached hydrogen (secondary N) is 1. The summed E-state index contributed by atoms with van der Waals surface area (Å²) in [5.41, 5.74) is 0.0754. The predicted molar refractivity (Wildman–Crippen MR) is 87.9 cm³/mol. The lowest BCUT2D eigenvalue weighted by Gasteiger charge is -2.30. The molecular weight excluding hydrogens is 328 g/mol. The molecule has 1 saturated heterocycles. The Labute approximate surface area is 143 Å². The number of nitrogens with zero attached hydrogens (tertiary/aromatic N) is 2. The van der Waals surface area contributed by atoms with E-state index in [4.69, 9.17) is 0 Å². The van der Waals surface area contributed by atoms with Crippen molar-refractivity contribution in [1.82, 2.24) is 14.9 Å². The van der Waals surface area contributed by atoms with Crippen LogP contribution in [-0.2, 0) is 17.8 Å². The zero-order valence-electron chi connectivity index (χ0n) is 13.7. The molecule has 5 nitrogen and oxygen atoms in total. The molecule has 0 bridgehead atoms. The monoisotopic (exact) mass is 347 g/mol. The summed E-state index contributed by atoms with van der Waals surface area (Å²) >= 11 is 0. The number of carbonyl (C=O) groups excluding carboxylic acids is 1. The average molecular weight is 347 g/mol. The summed E-state index contributed by atoms with van der Waals surface area (Å²) < 4.78 is 27.4. The lowest BCUT2D eigenvalue weighted by Crippen LogP contribution is -2.37. The number of ketones is 1. The second-order valence-corrected chi connectivity index (χ2v) is 6.26. The third kappa shape index (κ3) is 4.17. The quantitative estimate of drug-likeness (QED) is 0.899. The Bertz CT molecular complexity index is 794. The number of Topliss-reactive ketones (excluding diaryl/α,β-unsaturated/α-hetero) is 1. The molecule has 25 heavy (non-hydrogen) atoms. The van der Waals surface area contributed by atoms with Crippen molar-refractivity contribution in [1.29, 1.82) is 0 Å². The summed E-state index contributed by atoms with van der Waals surface area (Å²) in [5.74, 6) is -1.71. The van der Waals surface area contributed by atoms with Crippen LogP contribution < -0.4 is 5.56 Å². The summed E-state index contributed by atoms with van der Waals surface area (Å²) in [6, 6.07) is 3.62. The minimum absolute atomic E-state index is 0.140. The molecule has 1 aliphatic heterocycles. The number of piperidine rings is 1. The maximum atomic E-state index is 13.7. The molecule has 1 aliphatic rings. The first-order valence-electron chi connectivity index (χ1n) is 8.25. The van der Waals surface area contributed by atoms with Crippen molar-refractivity contribution in [3.05, 3.63) is 63.8 Å². The van der Waals surface area contributed by atoms with Gasteiger partial charge in [-0.1, -0.05) is 6.07 Å². The summed E-state index contributed by atoms with van der Waals surface area (Å²) in [7, 11) is 0. The molecule has 1 aromatic heterocycles. The third-order valence-corrected chi connectivity index (χ3v) is 4.61. The molecule has 1 N–H and O–H groups in total. The van der Waals surface area contributed by atoms with Gasteiger partial charge in [0.15, 0.2) is 0 Å². The fourth-order valence-corrected chi connectivity index (χ4v) is 3.14. The molecule has 1 aromatic carbocycles. The number of aromatic amines is 1. The number of aromatic nitrogens is 2. The van der Waals surface area contributed by atoms with Crippen molar-refractivity contribution in [2.24, 2.45) is 5.92 Å². The molecule has 2 aromatic rings. The van der Waals surface area contributed by atoms with Gasteiger partial charge in [-0.25, -0.2) is 8.78 Å². The fraction of sp³-hybridized carbons (Fsp3) is 0.389. The van der Waals surface area contributed by atoms with Crippen LogP contribution in [0.3, 0.4) is 0 Å². The number of benzene rings is 1. The van der Waals surface area contributed by atoms with Gasteiger partial charge in [-0.05, 0) is 38.1 Å². The molecule has 0 amide bonds. The normalized spacial score (nSPS) is 16.1. The average Bonchev–Trinajstić information content (AvgIpc) is 2.61. The molecule has 7 heteroatoms. The largest absolute Gasteiger partial charge is 0.326 e. The summed E-state index contributed by atoms with van der Waals surface area (Å²) in [4.78, 5) is 32.7. The van der Waals surface area contributed by atoms with E-state index in [1.807, 2.05) is 0 Å². The van der Waals surface area contributed by atoms with Gasteiger partial charge in [-0.3, -0.25) is 19.5 Å². The van der Waals surface area contributed by atoms with E-state index >= 15 is 0 Å². The highest BCUT2D eigenvalue weighted by Crippen LogP contribution is 2.22. The first-order valence-corrected chi connectivity index (χ1v) is 8.25. The van der Waals surface area contributed by atoms with Gasteiger partial charge in [0.25, 0.3) is 5.56 Å². The Hall–Kier alpha value is -2.41. The maximum Gasteiger partial charge on any atom is 0.270 e. The molecule has 0 unspecified atom stereocenters. The molecule has 1 fully saturated rings. The first-order chi connectivity index (χ1) is 12.0. The highest BCUT2D eigenvalue weighted by molar-refractivity contribution is 5.83. The summed E-state index contributed by atoms with van der Waals surface area (Å²) in [6.45, 7) is 1.72. The lowest BCUT2D eigenvalue weighted by atomic mass is 9.89. The Kier molecular flexibility index (Phi) is 5.33. The van der Waals surface area contributed by atoms with Crippen molar-refractivity contribution in [2.45, 2.75) is 25.8 Å². The molecule has 0 aliphatic carbocycles. The Morgan fingerprint density at radius 3 is 2.56 bits per heavy atom. The number of H-pyrrole nitrogens is 1. The van der Waals surface area contributed by atoms with E-state index in [-0.39, 0.29) is 29.2 Å². The first kappa shape index (κ1) is 17.4. The molecule has 0 saturated carbocycles. The van der Waals surface area contributed by atoms with E-state index in [1.54, 1.807) is 0 Å². The molecule has 132 valence electrons. The van der Waals surface area contributed by atoms with Gasteiger partial charge < -0.3 is 4.98 Å². The number of hydrogen-bond acceptors (Lipinski definition) is 4. The van der Waals surface area contributed by atoms with E-state index in [9.17, 15) is 18.4 Å². The lowest BCUT2D eigenvalue weighted by molar-refractivity contribution is -0.123. The van der Waals surface area contributed by atoms with Crippen LogP contribution in [0.2, 0.25) is 0 Å². The van der Waals surface area contributed by atoms with E-state index in [0.29, 0.717) is 38.2 Å². The highest BCUT2D eigenvalue weighted by atomic mass is 19.1. The molecule has 0 atom stereocenters. The molecule has 2 heterocycles. The van der Waals surface area contributed by atoms with Gasteiger partial charge in [0.1, 0.15) is 23.1 Å². The van der Waals surface area contributed by atoms with E-state index < -0.39 is 11.6 Å². The van der Waals surface area contributed by atoms with Gasteiger partial charge in [0.05, 0.1) is 0 Å². The number of hydrogen-bond donors (Lipinski definition) is 1. The molecular formula is C18H19F2N3O2. The van der Waals surface area contributed by atoms with E-state index in [0.717, 1.165) is 0 Å². The Morgan fingerprint density at radius 2 is 1.92 bits per heavy atom. The van der Waals surface area contributed by atoms with Crippen molar-refractivity contribution in [3.63, 3.8) is 0 Å². The van der Waals surface area contributed by atoms with Crippen molar-refractivity contribution < 1.29 is 13.6 Å². The second kappa shape index (κ2) is 7.65. The van der Waals surface area contributed by atoms with Crippen LogP contribution >= 0.6 is 0 Å². The van der Waals surface area contributed by atoms with Gasteiger partial charge in [-0.2, -0.15) is 0 Å². The number of likely N-dealkylation sites (tertiary alicyclic amines) is 1. The topological polar surface area (TPSA) is 66.1 Å². The van der Waals surface area contributed by atoms with Crippen LogP contribution in [0.15, 0.2) is 35.4 Å².